The van der Waals surface area contributed by atoms with Crippen LogP contribution in [0.2, 0.25) is 5.02 Å². The van der Waals surface area contributed by atoms with Crippen LogP contribution in [0.3, 0.4) is 0 Å². The SMILES string of the molecule is Cc1cc(NC(=O)c2cccc(S(=O)(=O)N3CCCC3)c2)n(-c2cccc(Cl)c2)n1. The molecule has 0 spiro atoms. The topological polar surface area (TPSA) is 84.3 Å². The van der Waals surface area contributed by atoms with Crippen LogP contribution >= 0.6 is 11.6 Å². The highest BCUT2D eigenvalue weighted by molar-refractivity contribution is 7.89. The summed E-state index contributed by atoms with van der Waals surface area (Å²) >= 11 is 6.08. The fraction of sp³-hybridized carbons (Fsp3) is 0.238. The molecule has 3 aromatic rings. The first kappa shape index (κ1) is 20.6. The number of anilines is 1. The van der Waals surface area contributed by atoms with Crippen molar-refractivity contribution in [3.05, 3.63) is 70.9 Å². The molecule has 0 unspecified atom stereocenters. The van der Waals surface area contributed by atoms with Gasteiger partial charge in [-0.05, 0) is 56.2 Å². The molecule has 0 atom stereocenters. The van der Waals surface area contributed by atoms with Crippen molar-refractivity contribution < 1.29 is 13.2 Å². The van der Waals surface area contributed by atoms with E-state index < -0.39 is 15.9 Å². The van der Waals surface area contributed by atoms with E-state index in [-0.39, 0.29) is 10.5 Å². The molecular formula is C21H21ClN4O3S. The number of halogens is 1. The monoisotopic (exact) mass is 444 g/mol. The van der Waals surface area contributed by atoms with Crippen LogP contribution in [0.5, 0.6) is 0 Å². The maximum Gasteiger partial charge on any atom is 0.256 e. The quantitative estimate of drug-likeness (QED) is 0.647. The maximum absolute atomic E-state index is 12.9. The number of amides is 1. The van der Waals surface area contributed by atoms with E-state index in [2.05, 4.69) is 10.4 Å². The summed E-state index contributed by atoms with van der Waals surface area (Å²) in [6, 6.07) is 15.0. The third kappa shape index (κ3) is 4.12. The number of hydrogen-bond acceptors (Lipinski definition) is 4. The van der Waals surface area contributed by atoms with Crippen molar-refractivity contribution in [3.63, 3.8) is 0 Å². The van der Waals surface area contributed by atoms with Crippen LogP contribution in [0.4, 0.5) is 5.82 Å². The van der Waals surface area contributed by atoms with Gasteiger partial charge in [-0.25, -0.2) is 13.1 Å². The number of nitrogens with zero attached hydrogens (tertiary/aromatic N) is 3. The molecule has 1 aliphatic heterocycles. The minimum absolute atomic E-state index is 0.122. The molecule has 0 aliphatic carbocycles. The lowest BCUT2D eigenvalue weighted by Crippen LogP contribution is -2.28. The van der Waals surface area contributed by atoms with Gasteiger partial charge in [-0.1, -0.05) is 23.7 Å². The molecule has 7 nitrogen and oxygen atoms in total. The maximum atomic E-state index is 12.9. The average molecular weight is 445 g/mol. The van der Waals surface area contributed by atoms with E-state index >= 15 is 0 Å². The molecule has 9 heteroatoms. The fourth-order valence-corrected chi connectivity index (χ4v) is 5.21. The number of nitrogens with one attached hydrogen (secondary N) is 1. The lowest BCUT2D eigenvalue weighted by molar-refractivity contribution is 0.102. The van der Waals surface area contributed by atoms with Gasteiger partial charge in [0.2, 0.25) is 10.0 Å². The molecule has 1 fully saturated rings. The second-order valence-electron chi connectivity index (χ2n) is 7.16. The van der Waals surface area contributed by atoms with E-state index in [1.807, 2.05) is 13.0 Å². The molecule has 1 aromatic heterocycles. The summed E-state index contributed by atoms with van der Waals surface area (Å²) in [7, 11) is -3.60. The molecule has 0 radical (unpaired) electrons. The van der Waals surface area contributed by atoms with Crippen molar-refractivity contribution in [2.75, 3.05) is 18.4 Å². The minimum Gasteiger partial charge on any atom is -0.306 e. The summed E-state index contributed by atoms with van der Waals surface area (Å²) in [5.41, 5.74) is 1.68. The number of sulfonamides is 1. The summed E-state index contributed by atoms with van der Waals surface area (Å²) in [4.78, 5) is 13.0. The molecule has 2 aromatic carbocycles. The van der Waals surface area contributed by atoms with Gasteiger partial charge in [-0.15, -0.1) is 0 Å². The van der Waals surface area contributed by atoms with Crippen LogP contribution < -0.4 is 5.32 Å². The number of aromatic nitrogens is 2. The number of rotatable bonds is 5. The number of hydrogen-bond donors (Lipinski definition) is 1. The predicted molar refractivity (Wildman–Crippen MR) is 116 cm³/mol. The molecule has 0 saturated carbocycles. The molecule has 1 aliphatic rings. The Bertz CT molecular complexity index is 1200. The second kappa shape index (κ2) is 8.22. The van der Waals surface area contributed by atoms with Gasteiger partial charge in [0, 0.05) is 29.7 Å². The van der Waals surface area contributed by atoms with Crippen LogP contribution in [0.25, 0.3) is 5.69 Å². The van der Waals surface area contributed by atoms with Gasteiger partial charge in [0.1, 0.15) is 5.82 Å². The lowest BCUT2D eigenvalue weighted by Gasteiger charge is -2.16. The minimum atomic E-state index is -3.60. The number of aryl methyl sites for hydroxylation is 1. The first-order valence-electron chi connectivity index (χ1n) is 9.59. The highest BCUT2D eigenvalue weighted by Crippen LogP contribution is 2.23. The molecule has 30 heavy (non-hydrogen) atoms. The Morgan fingerprint density at radius 3 is 2.53 bits per heavy atom. The Hall–Kier alpha value is -2.68. The van der Waals surface area contributed by atoms with E-state index in [0.717, 1.165) is 18.5 Å². The van der Waals surface area contributed by atoms with E-state index in [1.165, 1.54) is 16.4 Å². The van der Waals surface area contributed by atoms with Crippen molar-refractivity contribution in [1.82, 2.24) is 14.1 Å². The highest BCUT2D eigenvalue weighted by atomic mass is 35.5. The van der Waals surface area contributed by atoms with Gasteiger partial charge in [-0.3, -0.25) is 4.79 Å². The molecule has 4 rings (SSSR count). The zero-order chi connectivity index (χ0) is 21.3. The Kier molecular flexibility index (Phi) is 5.64. The average Bonchev–Trinajstić information content (AvgIpc) is 3.38. The molecule has 1 N–H and O–H groups in total. The van der Waals surface area contributed by atoms with Gasteiger partial charge in [0.25, 0.3) is 5.91 Å². The van der Waals surface area contributed by atoms with Gasteiger partial charge < -0.3 is 5.32 Å². The smallest absolute Gasteiger partial charge is 0.256 e. The van der Waals surface area contributed by atoms with Crippen LogP contribution in [0.1, 0.15) is 28.9 Å². The summed E-state index contributed by atoms with van der Waals surface area (Å²) < 4.78 is 28.7. The predicted octanol–water partition coefficient (Wildman–Crippen LogP) is 3.87. The Morgan fingerprint density at radius 2 is 1.80 bits per heavy atom. The summed E-state index contributed by atoms with van der Waals surface area (Å²) in [5, 5.41) is 7.80. The van der Waals surface area contributed by atoms with Crippen molar-refractivity contribution in [2.45, 2.75) is 24.7 Å². The van der Waals surface area contributed by atoms with Gasteiger partial charge >= 0.3 is 0 Å². The van der Waals surface area contributed by atoms with E-state index in [9.17, 15) is 13.2 Å². The number of carbonyl (C=O) groups excluding carboxylic acids is 1. The Labute approximate surface area is 180 Å². The fourth-order valence-electron chi connectivity index (χ4n) is 3.46. The first-order chi connectivity index (χ1) is 14.3. The van der Waals surface area contributed by atoms with Gasteiger partial charge in [0.05, 0.1) is 16.3 Å². The number of carbonyl (C=O) groups is 1. The van der Waals surface area contributed by atoms with Crippen molar-refractivity contribution in [3.8, 4) is 5.69 Å². The third-order valence-electron chi connectivity index (χ3n) is 4.92. The molecule has 1 amide bonds. The van der Waals surface area contributed by atoms with Crippen LogP contribution in [0, 0.1) is 6.92 Å². The van der Waals surface area contributed by atoms with E-state index in [4.69, 9.17) is 11.6 Å². The molecule has 0 bridgehead atoms. The van der Waals surface area contributed by atoms with Crippen LogP contribution in [0.15, 0.2) is 59.5 Å². The van der Waals surface area contributed by atoms with Crippen molar-refractivity contribution in [1.29, 1.82) is 0 Å². The summed E-state index contributed by atoms with van der Waals surface area (Å²) in [5.74, 6) is 0.0456. The van der Waals surface area contributed by atoms with Gasteiger partial charge in [0.15, 0.2) is 0 Å². The Balaban J connectivity index is 1.61. The third-order valence-corrected chi connectivity index (χ3v) is 7.05. The van der Waals surface area contributed by atoms with E-state index in [1.54, 1.807) is 41.1 Å². The summed E-state index contributed by atoms with van der Waals surface area (Å²) in [6.07, 6.45) is 1.71. The first-order valence-corrected chi connectivity index (χ1v) is 11.4. The highest BCUT2D eigenvalue weighted by Gasteiger charge is 2.27. The summed E-state index contributed by atoms with van der Waals surface area (Å²) in [6.45, 7) is 2.84. The molecule has 1 saturated heterocycles. The van der Waals surface area contributed by atoms with Crippen LogP contribution in [-0.2, 0) is 10.0 Å². The van der Waals surface area contributed by atoms with Crippen LogP contribution in [-0.4, -0.2) is 41.5 Å². The lowest BCUT2D eigenvalue weighted by atomic mass is 10.2. The second-order valence-corrected chi connectivity index (χ2v) is 9.53. The standard InChI is InChI=1S/C21H21ClN4O3S/c1-15-12-20(26(24-15)18-8-5-7-17(22)14-18)23-21(27)16-6-4-9-19(13-16)30(28,29)25-10-2-3-11-25/h4-9,12-14H,2-3,10-11H2,1H3,(H,23,27). The normalized spacial score (nSPS) is 14.7. The van der Waals surface area contributed by atoms with E-state index in [0.29, 0.717) is 29.6 Å². The van der Waals surface area contributed by atoms with Crippen molar-refractivity contribution >= 4 is 33.3 Å². The molecular weight excluding hydrogens is 424 g/mol. The van der Waals surface area contributed by atoms with Gasteiger partial charge in [-0.2, -0.15) is 9.40 Å². The molecule has 156 valence electrons. The largest absolute Gasteiger partial charge is 0.306 e. The zero-order valence-electron chi connectivity index (χ0n) is 16.4. The van der Waals surface area contributed by atoms with Crippen molar-refractivity contribution in [2.24, 2.45) is 0 Å². The number of benzene rings is 2. The zero-order valence-corrected chi connectivity index (χ0v) is 17.9. The Morgan fingerprint density at radius 1 is 1.07 bits per heavy atom. The molecule has 2 heterocycles.